The van der Waals surface area contributed by atoms with Gasteiger partial charge in [0.15, 0.2) is 0 Å². The van der Waals surface area contributed by atoms with Gasteiger partial charge in [-0.25, -0.2) is 0 Å². The second-order valence-corrected chi connectivity index (χ2v) is 8.18. The highest BCUT2D eigenvalue weighted by Gasteiger charge is 2.28. The van der Waals surface area contributed by atoms with Crippen LogP contribution in [0.2, 0.25) is 0 Å². The van der Waals surface area contributed by atoms with E-state index in [4.69, 9.17) is 0 Å². The average molecular weight is 327 g/mol. The van der Waals surface area contributed by atoms with Crippen LogP contribution in [0.5, 0.6) is 5.75 Å². The third-order valence-electron chi connectivity index (χ3n) is 4.19. The zero-order chi connectivity index (χ0) is 15.8. The topological polar surface area (TPSA) is 44.3 Å². The van der Waals surface area contributed by atoms with E-state index in [-0.39, 0.29) is 23.2 Å². The van der Waals surface area contributed by atoms with Gasteiger partial charge in [0.1, 0.15) is 5.75 Å². The second kappa shape index (κ2) is 6.77. The van der Waals surface area contributed by atoms with Gasteiger partial charge in [-0.15, -0.1) is 12.4 Å². The lowest BCUT2D eigenvalue weighted by molar-refractivity contribution is 0.411. The molecule has 0 amide bonds. The van der Waals surface area contributed by atoms with E-state index in [1.54, 1.807) is 0 Å². The summed E-state index contributed by atoms with van der Waals surface area (Å²) in [6.45, 7) is 15.9. The molecule has 1 heterocycles. The van der Waals surface area contributed by atoms with E-state index in [0.29, 0.717) is 11.8 Å². The first kappa shape index (κ1) is 19.3. The number of benzene rings is 1. The van der Waals surface area contributed by atoms with Crippen LogP contribution in [-0.2, 0) is 10.8 Å². The molecule has 0 saturated carbocycles. The summed E-state index contributed by atoms with van der Waals surface area (Å²) in [6, 6.07) is 4.67. The summed E-state index contributed by atoms with van der Waals surface area (Å²) < 4.78 is 0. The van der Waals surface area contributed by atoms with Gasteiger partial charge in [-0.05, 0) is 39.7 Å². The predicted octanol–water partition coefficient (Wildman–Crippen LogP) is 3.64. The Kier molecular flexibility index (Phi) is 5.94. The summed E-state index contributed by atoms with van der Waals surface area (Å²) in [4.78, 5) is 0. The van der Waals surface area contributed by atoms with Crippen LogP contribution in [0.3, 0.4) is 0 Å². The quantitative estimate of drug-likeness (QED) is 0.738. The summed E-state index contributed by atoms with van der Waals surface area (Å²) in [5.41, 5.74) is 3.22. The molecule has 0 aromatic heterocycles. The minimum Gasteiger partial charge on any atom is -0.507 e. The van der Waals surface area contributed by atoms with Crippen molar-refractivity contribution in [2.45, 2.75) is 58.4 Å². The highest BCUT2D eigenvalue weighted by Crippen LogP contribution is 2.40. The van der Waals surface area contributed by atoms with Gasteiger partial charge in [-0.2, -0.15) is 0 Å². The van der Waals surface area contributed by atoms with Crippen molar-refractivity contribution in [2.24, 2.45) is 0 Å². The molecule has 0 radical (unpaired) electrons. The molecule has 0 bridgehead atoms. The smallest absolute Gasteiger partial charge is 0.123 e. The molecule has 1 aromatic carbocycles. The van der Waals surface area contributed by atoms with Crippen LogP contribution < -0.4 is 10.6 Å². The van der Waals surface area contributed by atoms with Crippen molar-refractivity contribution in [2.75, 3.05) is 19.6 Å². The fraction of sp³-hybridized carbons (Fsp3) is 0.667. The molecule has 0 unspecified atom stereocenters. The molecular weight excluding hydrogens is 296 g/mol. The first-order valence-electron chi connectivity index (χ1n) is 7.92. The zero-order valence-electron chi connectivity index (χ0n) is 14.7. The molecule has 3 N–H and O–H groups in total. The number of phenolic OH excluding ortho intramolecular Hbond substituents is 1. The summed E-state index contributed by atoms with van der Waals surface area (Å²) in [7, 11) is 0. The third kappa shape index (κ3) is 4.15. The molecule has 1 saturated heterocycles. The van der Waals surface area contributed by atoms with Gasteiger partial charge in [0.25, 0.3) is 0 Å². The second-order valence-electron chi connectivity index (χ2n) is 8.18. The summed E-state index contributed by atoms with van der Waals surface area (Å²) >= 11 is 0. The Morgan fingerprint density at radius 2 is 1.45 bits per heavy atom. The van der Waals surface area contributed by atoms with Crippen LogP contribution in [0.25, 0.3) is 0 Å². The number of nitrogens with one attached hydrogen (secondary N) is 2. The van der Waals surface area contributed by atoms with Gasteiger partial charge in [-0.1, -0.05) is 41.5 Å². The van der Waals surface area contributed by atoms with Gasteiger partial charge >= 0.3 is 0 Å². The first-order valence-corrected chi connectivity index (χ1v) is 7.92. The highest BCUT2D eigenvalue weighted by molar-refractivity contribution is 5.85. The molecule has 1 aliphatic rings. The number of piperazine rings is 1. The van der Waals surface area contributed by atoms with Crippen LogP contribution in [0, 0.1) is 0 Å². The largest absolute Gasteiger partial charge is 0.507 e. The Hall–Kier alpha value is -0.770. The van der Waals surface area contributed by atoms with E-state index >= 15 is 0 Å². The highest BCUT2D eigenvalue weighted by atomic mass is 35.5. The van der Waals surface area contributed by atoms with Crippen LogP contribution in [0.15, 0.2) is 12.1 Å². The standard InChI is InChI=1S/C18H30N2O.ClH/c1-17(2,3)13-9-12(15-11-19-7-8-20-15)10-14(16(13)21)18(4,5)6;/h9-10,15,19-21H,7-8,11H2,1-6H3;1H/t15-;/m1./s1. The molecule has 22 heavy (non-hydrogen) atoms. The van der Waals surface area contributed by atoms with Crippen molar-refractivity contribution < 1.29 is 5.11 Å². The predicted molar refractivity (Wildman–Crippen MR) is 96.4 cm³/mol. The SMILES string of the molecule is CC(C)(C)c1cc([C@H]2CNCCN2)cc(C(C)(C)C)c1O.Cl. The van der Waals surface area contributed by atoms with E-state index in [0.717, 1.165) is 30.8 Å². The number of halogens is 1. The summed E-state index contributed by atoms with van der Waals surface area (Å²) in [5.74, 6) is 0.461. The molecular formula is C18H31ClN2O. The fourth-order valence-electron chi connectivity index (χ4n) is 2.89. The number of hydrogen-bond acceptors (Lipinski definition) is 3. The van der Waals surface area contributed by atoms with Crippen molar-refractivity contribution in [3.63, 3.8) is 0 Å². The molecule has 1 aromatic rings. The van der Waals surface area contributed by atoms with E-state index in [1.807, 2.05) is 0 Å². The number of aromatic hydroxyl groups is 1. The third-order valence-corrected chi connectivity index (χ3v) is 4.19. The van der Waals surface area contributed by atoms with Crippen molar-refractivity contribution >= 4 is 12.4 Å². The van der Waals surface area contributed by atoms with Crippen LogP contribution in [0.4, 0.5) is 0 Å². The maximum absolute atomic E-state index is 10.7. The van der Waals surface area contributed by atoms with Gasteiger partial charge in [0.2, 0.25) is 0 Å². The Morgan fingerprint density at radius 3 is 1.82 bits per heavy atom. The van der Waals surface area contributed by atoms with Gasteiger partial charge < -0.3 is 15.7 Å². The Morgan fingerprint density at radius 1 is 0.955 bits per heavy atom. The van der Waals surface area contributed by atoms with Crippen molar-refractivity contribution in [3.05, 3.63) is 28.8 Å². The lowest BCUT2D eigenvalue weighted by atomic mass is 9.77. The Bertz CT molecular complexity index is 474. The minimum atomic E-state index is -0.0673. The molecule has 0 aliphatic carbocycles. The molecule has 2 rings (SSSR count). The Balaban J connectivity index is 0.00000242. The summed E-state index contributed by atoms with van der Waals surface area (Å²) in [5, 5.41) is 17.8. The lowest BCUT2D eigenvalue weighted by Crippen LogP contribution is -2.42. The normalized spacial score (nSPS) is 19.6. The molecule has 1 aliphatic heterocycles. The Labute approximate surface area is 141 Å². The van der Waals surface area contributed by atoms with E-state index in [2.05, 4.69) is 64.3 Å². The van der Waals surface area contributed by atoms with Crippen LogP contribution in [0.1, 0.15) is 64.3 Å². The molecule has 3 nitrogen and oxygen atoms in total. The molecule has 1 fully saturated rings. The molecule has 0 spiro atoms. The van der Waals surface area contributed by atoms with Crippen molar-refractivity contribution in [3.8, 4) is 5.75 Å². The average Bonchev–Trinajstić information content (AvgIpc) is 2.37. The van der Waals surface area contributed by atoms with Crippen molar-refractivity contribution in [1.29, 1.82) is 0 Å². The first-order chi connectivity index (χ1) is 9.60. The number of rotatable bonds is 1. The molecule has 126 valence electrons. The van der Waals surface area contributed by atoms with E-state index in [1.165, 1.54) is 5.56 Å². The monoisotopic (exact) mass is 326 g/mol. The van der Waals surface area contributed by atoms with Crippen LogP contribution >= 0.6 is 12.4 Å². The minimum absolute atomic E-state index is 0. The van der Waals surface area contributed by atoms with E-state index in [9.17, 15) is 5.11 Å². The van der Waals surface area contributed by atoms with Crippen molar-refractivity contribution in [1.82, 2.24) is 10.6 Å². The molecule has 1 atom stereocenters. The zero-order valence-corrected chi connectivity index (χ0v) is 15.5. The fourth-order valence-corrected chi connectivity index (χ4v) is 2.89. The lowest BCUT2D eigenvalue weighted by Gasteiger charge is -2.31. The number of phenols is 1. The van der Waals surface area contributed by atoms with Gasteiger partial charge in [0, 0.05) is 25.7 Å². The summed E-state index contributed by atoms with van der Waals surface area (Å²) in [6.07, 6.45) is 0. The maximum Gasteiger partial charge on any atom is 0.123 e. The molecule has 4 heteroatoms. The van der Waals surface area contributed by atoms with Gasteiger partial charge in [0.05, 0.1) is 0 Å². The maximum atomic E-state index is 10.7. The van der Waals surface area contributed by atoms with E-state index < -0.39 is 0 Å². The van der Waals surface area contributed by atoms with Crippen LogP contribution in [-0.4, -0.2) is 24.7 Å². The van der Waals surface area contributed by atoms with Gasteiger partial charge in [-0.3, -0.25) is 0 Å². The number of hydrogen-bond donors (Lipinski definition) is 3.